The van der Waals surface area contributed by atoms with Gasteiger partial charge in [0.1, 0.15) is 5.52 Å². The van der Waals surface area contributed by atoms with Crippen molar-refractivity contribution in [2.75, 3.05) is 0 Å². The smallest absolute Gasteiger partial charge is 0.363 e. The van der Waals surface area contributed by atoms with Crippen LogP contribution in [0.3, 0.4) is 0 Å². The highest BCUT2D eigenvalue weighted by atomic mass is 16.6. The lowest BCUT2D eigenvalue weighted by atomic mass is 10.1. The van der Waals surface area contributed by atoms with Gasteiger partial charge in [-0.25, -0.2) is 9.78 Å². The third-order valence-electron chi connectivity index (χ3n) is 4.60. The molecule has 1 aromatic heterocycles. The average Bonchev–Trinajstić information content (AvgIpc) is 2.74. The maximum Gasteiger partial charge on any atom is 0.363 e. The van der Waals surface area contributed by atoms with Gasteiger partial charge in [0.25, 0.3) is 5.75 Å². The van der Waals surface area contributed by atoms with Crippen LogP contribution in [0, 0.1) is 28.9 Å². The van der Waals surface area contributed by atoms with E-state index in [9.17, 15) is 24.5 Å². The molecule has 172 valence electrons. The monoisotopic (exact) mass is 454 g/mol. The summed E-state index contributed by atoms with van der Waals surface area (Å²) in [5, 5.41) is 11.8. The Labute approximate surface area is 188 Å². The topological polar surface area (TPSA) is 139 Å². The molecule has 0 unspecified atom stereocenters. The van der Waals surface area contributed by atoms with Crippen LogP contribution >= 0.6 is 0 Å². The van der Waals surface area contributed by atoms with Crippen LogP contribution < -0.4 is 15.1 Å². The number of carbonyl (C=O) groups is 2. The van der Waals surface area contributed by atoms with Gasteiger partial charge in [-0.1, -0.05) is 33.8 Å². The summed E-state index contributed by atoms with van der Waals surface area (Å²) in [7, 11) is 0. The Bertz CT molecular complexity index is 1320. The highest BCUT2D eigenvalue weighted by Crippen LogP contribution is 2.41. The number of hydrogen-bond acceptors (Lipinski definition) is 9. The summed E-state index contributed by atoms with van der Waals surface area (Å²) in [5.41, 5.74) is -0.286. The van der Waals surface area contributed by atoms with Gasteiger partial charge < -0.3 is 13.9 Å². The number of carbonyl (C=O) groups excluding carboxylic acids is 2. The molecule has 0 aliphatic carbocycles. The highest BCUT2D eigenvalue weighted by Gasteiger charge is 2.29. The number of nitro groups is 1. The van der Waals surface area contributed by atoms with E-state index in [0.29, 0.717) is 5.52 Å². The number of esters is 2. The summed E-state index contributed by atoms with van der Waals surface area (Å²) >= 11 is 0. The second-order valence-electron chi connectivity index (χ2n) is 8.05. The number of fused-ring (bicyclic) bond motifs is 1. The largest absolute Gasteiger partial charge is 0.422 e. The Kier molecular flexibility index (Phi) is 6.57. The molecule has 3 aromatic rings. The van der Waals surface area contributed by atoms with Gasteiger partial charge in [0.15, 0.2) is 17.0 Å². The van der Waals surface area contributed by atoms with Crippen molar-refractivity contribution in [1.29, 1.82) is 0 Å². The summed E-state index contributed by atoms with van der Waals surface area (Å²) < 4.78 is 15.8. The molecular formula is C23H22N2O8. The van der Waals surface area contributed by atoms with Crippen LogP contribution in [0.1, 0.15) is 33.3 Å². The molecule has 1 heterocycles. The van der Waals surface area contributed by atoms with E-state index in [4.69, 9.17) is 13.9 Å². The fourth-order valence-electron chi connectivity index (χ4n) is 2.78. The number of aryl methyl sites for hydroxylation is 1. The van der Waals surface area contributed by atoms with E-state index < -0.39 is 45.8 Å². The zero-order valence-electron chi connectivity index (χ0n) is 18.7. The fourth-order valence-corrected chi connectivity index (χ4v) is 2.78. The molecule has 0 aliphatic heterocycles. The van der Waals surface area contributed by atoms with Crippen LogP contribution in [-0.4, -0.2) is 21.8 Å². The zero-order chi connectivity index (χ0) is 24.4. The minimum Gasteiger partial charge on any atom is -0.422 e. The fraction of sp³-hybridized carbons (Fsp3) is 0.304. The van der Waals surface area contributed by atoms with Crippen LogP contribution in [0.2, 0.25) is 0 Å². The zero-order valence-corrected chi connectivity index (χ0v) is 18.7. The Morgan fingerprint density at radius 1 is 1.03 bits per heavy atom. The number of nitrogens with zero attached hydrogens (tertiary/aromatic N) is 2. The van der Waals surface area contributed by atoms with E-state index in [1.807, 2.05) is 6.92 Å². The van der Waals surface area contributed by atoms with Crippen molar-refractivity contribution in [2.45, 2.75) is 34.6 Å². The maximum absolute atomic E-state index is 12.6. The van der Waals surface area contributed by atoms with Crippen molar-refractivity contribution in [3.05, 3.63) is 56.4 Å². The van der Waals surface area contributed by atoms with Gasteiger partial charge in [-0.05, 0) is 30.7 Å². The van der Waals surface area contributed by atoms with Crippen LogP contribution in [0.5, 0.6) is 11.5 Å². The number of nitro benzene ring substituents is 1. The first kappa shape index (κ1) is 23.6. The molecule has 10 heteroatoms. The summed E-state index contributed by atoms with van der Waals surface area (Å²) in [6, 6.07) is 7.25. The molecule has 0 amide bonds. The van der Waals surface area contributed by atoms with Gasteiger partial charge in [0.05, 0.1) is 16.8 Å². The second kappa shape index (κ2) is 9.19. The van der Waals surface area contributed by atoms with Crippen LogP contribution in [0.4, 0.5) is 5.69 Å². The lowest BCUT2D eigenvalue weighted by Gasteiger charge is -2.14. The predicted octanol–water partition coefficient (Wildman–Crippen LogP) is 4.19. The van der Waals surface area contributed by atoms with Gasteiger partial charge in [0.2, 0.25) is 0 Å². The molecule has 0 N–H and O–H groups in total. The predicted molar refractivity (Wildman–Crippen MR) is 118 cm³/mol. The van der Waals surface area contributed by atoms with Crippen molar-refractivity contribution >= 4 is 28.7 Å². The molecule has 0 saturated heterocycles. The van der Waals surface area contributed by atoms with Gasteiger partial charge in [-0.2, -0.15) is 0 Å². The van der Waals surface area contributed by atoms with Gasteiger partial charge in [0, 0.05) is 11.6 Å². The summed E-state index contributed by atoms with van der Waals surface area (Å²) in [4.78, 5) is 52.4. The van der Waals surface area contributed by atoms with Crippen LogP contribution in [0.15, 0.2) is 39.5 Å². The first-order valence-corrected chi connectivity index (χ1v) is 10.2. The molecule has 0 saturated carbocycles. The first-order valence-electron chi connectivity index (χ1n) is 10.2. The van der Waals surface area contributed by atoms with E-state index in [2.05, 4.69) is 4.98 Å². The molecule has 0 radical (unpaired) electrons. The number of benzene rings is 2. The van der Waals surface area contributed by atoms with Gasteiger partial charge in [-0.3, -0.25) is 19.7 Å². The lowest BCUT2D eigenvalue weighted by Crippen LogP contribution is -2.19. The highest BCUT2D eigenvalue weighted by molar-refractivity contribution is 5.83. The van der Waals surface area contributed by atoms with E-state index in [-0.39, 0.29) is 22.6 Å². The molecule has 2 aromatic carbocycles. The van der Waals surface area contributed by atoms with Crippen LogP contribution in [0.25, 0.3) is 22.4 Å². The van der Waals surface area contributed by atoms with Crippen molar-refractivity contribution in [1.82, 2.24) is 4.98 Å². The maximum atomic E-state index is 12.6. The molecule has 0 atom stereocenters. The molecule has 0 spiro atoms. The SMILES string of the molecule is Cc1ccc2oc(=O)c(-c3cc(OC(=O)C(C)C)c(OC(=O)C(C)C)c([N+](=O)[O-])c3)nc2c1. The third-order valence-corrected chi connectivity index (χ3v) is 4.60. The average molecular weight is 454 g/mol. The summed E-state index contributed by atoms with van der Waals surface area (Å²) in [5.74, 6) is -3.55. The van der Waals surface area contributed by atoms with Crippen molar-refractivity contribution < 1.29 is 28.4 Å². The minimum atomic E-state index is -0.839. The Morgan fingerprint density at radius 3 is 2.27 bits per heavy atom. The van der Waals surface area contributed by atoms with Crippen molar-refractivity contribution in [2.24, 2.45) is 11.8 Å². The summed E-state index contributed by atoms with van der Waals surface area (Å²) in [6.45, 7) is 8.08. The normalized spacial score (nSPS) is 11.1. The Morgan fingerprint density at radius 2 is 1.67 bits per heavy atom. The number of ether oxygens (including phenoxy) is 2. The molecule has 0 aliphatic rings. The van der Waals surface area contributed by atoms with E-state index in [1.165, 1.54) is 6.07 Å². The molecule has 3 rings (SSSR count). The van der Waals surface area contributed by atoms with Gasteiger partial charge in [-0.15, -0.1) is 0 Å². The Hall–Kier alpha value is -4.08. The quantitative estimate of drug-likeness (QED) is 0.232. The van der Waals surface area contributed by atoms with Crippen molar-refractivity contribution in [3.8, 4) is 22.8 Å². The summed E-state index contributed by atoms with van der Waals surface area (Å²) in [6.07, 6.45) is 0. The molecule has 33 heavy (non-hydrogen) atoms. The second-order valence-corrected chi connectivity index (χ2v) is 8.05. The lowest BCUT2D eigenvalue weighted by molar-refractivity contribution is -0.385. The number of rotatable bonds is 6. The molecular weight excluding hydrogens is 432 g/mol. The van der Waals surface area contributed by atoms with E-state index >= 15 is 0 Å². The Balaban J connectivity index is 2.28. The van der Waals surface area contributed by atoms with E-state index in [1.54, 1.807) is 45.9 Å². The first-order chi connectivity index (χ1) is 15.5. The number of hydrogen-bond donors (Lipinski definition) is 0. The van der Waals surface area contributed by atoms with Gasteiger partial charge >= 0.3 is 23.3 Å². The van der Waals surface area contributed by atoms with E-state index in [0.717, 1.165) is 11.6 Å². The molecule has 0 fully saturated rings. The standard InChI is InChI=1S/C23H22N2O8/c1-11(2)21(26)32-18-10-14(9-16(25(29)30)20(18)33-22(27)12(3)4)19-23(28)31-17-7-6-13(5)8-15(17)24-19/h6-12H,1-5H3. The molecule has 0 bridgehead atoms. The van der Waals surface area contributed by atoms with Crippen molar-refractivity contribution in [3.63, 3.8) is 0 Å². The van der Waals surface area contributed by atoms with Crippen LogP contribution in [-0.2, 0) is 9.59 Å². The number of aromatic nitrogens is 1. The third kappa shape index (κ3) is 5.05. The minimum absolute atomic E-state index is 0.0326. The molecule has 10 nitrogen and oxygen atoms in total.